The summed E-state index contributed by atoms with van der Waals surface area (Å²) >= 11 is 11.7. The van der Waals surface area contributed by atoms with Gasteiger partial charge in [-0.15, -0.1) is 0 Å². The average molecular weight is 393 g/mol. The number of ether oxygens (including phenoxy) is 1. The molecule has 1 aliphatic rings. The van der Waals surface area contributed by atoms with Crippen LogP contribution in [0.1, 0.15) is 36.0 Å². The number of carbonyl (C=O) groups is 1. The lowest BCUT2D eigenvalue weighted by Crippen LogP contribution is -2.24. The van der Waals surface area contributed by atoms with E-state index in [1.54, 1.807) is 12.1 Å². The molecule has 26 heavy (non-hydrogen) atoms. The van der Waals surface area contributed by atoms with Gasteiger partial charge in [-0.25, -0.2) is 4.79 Å². The van der Waals surface area contributed by atoms with E-state index in [1.807, 2.05) is 6.92 Å². The minimum absolute atomic E-state index is 0.0459. The van der Waals surface area contributed by atoms with Gasteiger partial charge in [-0.3, -0.25) is 4.79 Å². The van der Waals surface area contributed by atoms with Gasteiger partial charge in [0.2, 0.25) is 0 Å². The summed E-state index contributed by atoms with van der Waals surface area (Å²) in [5.74, 6) is 0.622. The molecule has 0 atom stereocenters. The number of aromatic nitrogens is 4. The molecule has 0 saturated heterocycles. The van der Waals surface area contributed by atoms with E-state index in [9.17, 15) is 9.59 Å². The SMILES string of the molecule is Cc1c(C(=S)OC2=CC(=O)CCC2)ccc(Cl)c1Cn1nnn(C)c1=O. The molecule has 0 aliphatic heterocycles. The zero-order valence-corrected chi connectivity index (χ0v) is 15.9. The number of allylic oxidation sites excluding steroid dienone is 2. The predicted octanol–water partition coefficient (Wildman–Crippen LogP) is 2.32. The molecule has 0 spiro atoms. The molecule has 7 nitrogen and oxygen atoms in total. The van der Waals surface area contributed by atoms with Crippen LogP contribution in [0.25, 0.3) is 0 Å². The molecule has 0 N–H and O–H groups in total. The second-order valence-electron chi connectivity index (χ2n) is 6.06. The smallest absolute Gasteiger partial charge is 0.363 e. The number of nitrogens with zero attached hydrogens (tertiary/aromatic N) is 4. The first-order chi connectivity index (χ1) is 12.4. The zero-order chi connectivity index (χ0) is 18.8. The molecule has 2 aromatic rings. The minimum Gasteiger partial charge on any atom is -0.449 e. The molecule has 0 fully saturated rings. The quantitative estimate of drug-likeness (QED) is 0.743. The molecule has 1 aliphatic carbocycles. The summed E-state index contributed by atoms with van der Waals surface area (Å²) in [4.78, 5) is 23.5. The van der Waals surface area contributed by atoms with Gasteiger partial charge < -0.3 is 4.74 Å². The number of rotatable bonds is 4. The van der Waals surface area contributed by atoms with Crippen molar-refractivity contribution in [2.24, 2.45) is 7.05 Å². The number of tetrazole rings is 1. The summed E-state index contributed by atoms with van der Waals surface area (Å²) in [5.41, 5.74) is 1.86. The van der Waals surface area contributed by atoms with Gasteiger partial charge in [-0.05, 0) is 59.2 Å². The van der Waals surface area contributed by atoms with E-state index < -0.39 is 0 Å². The van der Waals surface area contributed by atoms with Crippen LogP contribution in [0.2, 0.25) is 5.02 Å². The first kappa shape index (κ1) is 18.5. The van der Waals surface area contributed by atoms with E-state index in [0.29, 0.717) is 34.8 Å². The van der Waals surface area contributed by atoms with Gasteiger partial charge in [0.1, 0.15) is 5.76 Å². The Morgan fingerprint density at radius 2 is 2.08 bits per heavy atom. The fraction of sp³-hybridized carbons (Fsp3) is 0.353. The van der Waals surface area contributed by atoms with Crippen LogP contribution < -0.4 is 5.69 Å². The number of thiocarbonyl (C=S) groups is 1. The van der Waals surface area contributed by atoms with Gasteiger partial charge in [-0.1, -0.05) is 11.6 Å². The molecule has 3 rings (SSSR count). The van der Waals surface area contributed by atoms with Crippen molar-refractivity contribution in [2.75, 3.05) is 0 Å². The lowest BCUT2D eigenvalue weighted by Gasteiger charge is -2.17. The van der Waals surface area contributed by atoms with Crippen molar-refractivity contribution in [3.63, 3.8) is 0 Å². The van der Waals surface area contributed by atoms with Crippen molar-refractivity contribution in [3.8, 4) is 0 Å². The Kier molecular flexibility index (Phi) is 5.33. The maximum Gasteiger partial charge on any atom is 0.363 e. The molecular weight excluding hydrogens is 376 g/mol. The van der Waals surface area contributed by atoms with Crippen LogP contribution in [0.4, 0.5) is 0 Å². The second-order valence-corrected chi connectivity index (χ2v) is 6.84. The van der Waals surface area contributed by atoms with E-state index >= 15 is 0 Å². The monoisotopic (exact) mass is 392 g/mol. The number of halogens is 1. The third kappa shape index (κ3) is 3.76. The molecule has 9 heteroatoms. The number of aryl methyl sites for hydroxylation is 1. The number of hydrogen-bond donors (Lipinski definition) is 0. The Labute approximate surface area is 160 Å². The normalized spacial score (nSPS) is 14.3. The fourth-order valence-corrected chi connectivity index (χ4v) is 3.35. The van der Waals surface area contributed by atoms with E-state index in [-0.39, 0.29) is 23.1 Å². The fourth-order valence-electron chi connectivity index (χ4n) is 2.76. The number of hydrogen-bond acceptors (Lipinski definition) is 6. The molecule has 0 saturated carbocycles. The number of carbonyl (C=O) groups excluding carboxylic acids is 1. The summed E-state index contributed by atoms with van der Waals surface area (Å²) in [6.07, 6.45) is 3.48. The summed E-state index contributed by atoms with van der Waals surface area (Å²) < 4.78 is 8.10. The van der Waals surface area contributed by atoms with Gasteiger partial charge in [0, 0.05) is 36.6 Å². The molecule has 1 aromatic carbocycles. The van der Waals surface area contributed by atoms with Gasteiger partial charge in [0.15, 0.2) is 10.8 Å². The maximum absolute atomic E-state index is 12.0. The molecule has 0 bridgehead atoms. The Morgan fingerprint density at radius 3 is 2.73 bits per heavy atom. The summed E-state index contributed by atoms with van der Waals surface area (Å²) in [6, 6.07) is 3.48. The highest BCUT2D eigenvalue weighted by Gasteiger charge is 2.18. The van der Waals surface area contributed by atoms with Crippen LogP contribution in [-0.4, -0.2) is 30.6 Å². The van der Waals surface area contributed by atoms with Crippen LogP contribution in [0.5, 0.6) is 0 Å². The lowest BCUT2D eigenvalue weighted by molar-refractivity contribution is -0.115. The van der Waals surface area contributed by atoms with Crippen LogP contribution in [0.3, 0.4) is 0 Å². The third-order valence-corrected chi connectivity index (χ3v) is 4.90. The van der Waals surface area contributed by atoms with Crippen molar-refractivity contribution in [1.82, 2.24) is 19.8 Å². The molecule has 136 valence electrons. The van der Waals surface area contributed by atoms with Gasteiger partial charge >= 0.3 is 5.69 Å². The van der Waals surface area contributed by atoms with Crippen molar-refractivity contribution in [2.45, 2.75) is 32.7 Å². The van der Waals surface area contributed by atoms with Crippen molar-refractivity contribution in [3.05, 3.63) is 56.2 Å². The Hall–Kier alpha value is -2.32. The van der Waals surface area contributed by atoms with Crippen LogP contribution in [-0.2, 0) is 23.1 Å². The highest BCUT2D eigenvalue weighted by molar-refractivity contribution is 7.80. The maximum atomic E-state index is 12.0. The second kappa shape index (κ2) is 7.51. The highest BCUT2D eigenvalue weighted by atomic mass is 35.5. The minimum atomic E-state index is -0.337. The standard InChI is InChI=1S/C17H17ClN4O3S/c1-10-13(16(26)25-12-5-3-4-11(23)8-12)6-7-15(18)14(10)9-22-17(24)21(2)19-20-22/h6-8H,3-5,9H2,1-2H3. The van der Waals surface area contributed by atoms with Crippen molar-refractivity contribution in [1.29, 1.82) is 0 Å². The summed E-state index contributed by atoms with van der Waals surface area (Å²) in [5, 5.41) is 8.28. The average Bonchev–Trinajstić information content (AvgIpc) is 2.90. The van der Waals surface area contributed by atoms with Gasteiger partial charge in [-0.2, -0.15) is 9.36 Å². The molecule has 0 radical (unpaired) electrons. The Morgan fingerprint density at radius 1 is 1.31 bits per heavy atom. The molecule has 1 heterocycles. The summed E-state index contributed by atoms with van der Waals surface area (Å²) in [7, 11) is 1.53. The number of ketones is 1. The van der Waals surface area contributed by atoms with Gasteiger partial charge in [0.05, 0.1) is 6.54 Å². The largest absolute Gasteiger partial charge is 0.449 e. The Balaban J connectivity index is 1.89. The third-order valence-electron chi connectivity index (χ3n) is 4.24. The highest BCUT2D eigenvalue weighted by Crippen LogP contribution is 2.26. The first-order valence-electron chi connectivity index (χ1n) is 8.07. The topological polar surface area (TPSA) is 79.0 Å². The molecule has 0 unspecified atom stereocenters. The number of benzene rings is 1. The molecule has 1 aromatic heterocycles. The first-order valence-corrected chi connectivity index (χ1v) is 8.86. The summed E-state index contributed by atoms with van der Waals surface area (Å²) in [6.45, 7) is 2.03. The van der Waals surface area contributed by atoms with E-state index in [4.69, 9.17) is 28.6 Å². The Bertz CT molecular complexity index is 977. The van der Waals surface area contributed by atoms with Gasteiger partial charge in [0.25, 0.3) is 0 Å². The van der Waals surface area contributed by atoms with E-state index in [1.165, 1.54) is 17.8 Å². The van der Waals surface area contributed by atoms with Crippen LogP contribution in [0, 0.1) is 6.92 Å². The van der Waals surface area contributed by atoms with Crippen molar-refractivity contribution >= 4 is 34.7 Å². The predicted molar refractivity (Wildman–Crippen MR) is 100 cm³/mol. The van der Waals surface area contributed by atoms with Crippen molar-refractivity contribution < 1.29 is 9.53 Å². The zero-order valence-electron chi connectivity index (χ0n) is 14.4. The molecule has 0 amide bonds. The van der Waals surface area contributed by atoms with E-state index in [2.05, 4.69) is 10.4 Å². The lowest BCUT2D eigenvalue weighted by atomic mass is 10.0. The molecular formula is C17H17ClN4O3S. The van der Waals surface area contributed by atoms with E-state index in [0.717, 1.165) is 16.7 Å². The van der Waals surface area contributed by atoms with Crippen LogP contribution in [0.15, 0.2) is 28.8 Å². The van der Waals surface area contributed by atoms with Crippen LogP contribution >= 0.6 is 23.8 Å².